The smallest absolute Gasteiger partial charge is 0.251 e. The van der Waals surface area contributed by atoms with Crippen molar-refractivity contribution >= 4 is 51.8 Å². The maximum Gasteiger partial charge on any atom is 0.251 e. The first kappa shape index (κ1) is 18.2. The summed E-state index contributed by atoms with van der Waals surface area (Å²) in [4.78, 5) is 18.1. The van der Waals surface area contributed by atoms with Crippen LogP contribution in [0, 0.1) is 0 Å². The molecule has 1 aromatic carbocycles. The second kappa shape index (κ2) is 8.57. The summed E-state index contributed by atoms with van der Waals surface area (Å²) in [5.41, 5.74) is 6.49. The minimum absolute atomic E-state index is 0. The van der Waals surface area contributed by atoms with E-state index in [0.29, 0.717) is 30.7 Å². The van der Waals surface area contributed by atoms with E-state index in [9.17, 15) is 4.79 Å². The van der Waals surface area contributed by atoms with E-state index >= 15 is 0 Å². The van der Waals surface area contributed by atoms with Crippen molar-refractivity contribution in [2.24, 2.45) is 10.7 Å². The SMILES string of the molecule is CN(C(N)=NCCNC(=O)c1cccc(Br)c1)C1CC1.I. The highest BCUT2D eigenvalue weighted by molar-refractivity contribution is 14.0. The van der Waals surface area contributed by atoms with Gasteiger partial charge >= 0.3 is 0 Å². The molecule has 0 unspecified atom stereocenters. The van der Waals surface area contributed by atoms with E-state index in [1.54, 1.807) is 12.1 Å². The maximum absolute atomic E-state index is 11.9. The molecule has 0 saturated heterocycles. The van der Waals surface area contributed by atoms with Gasteiger partial charge in [-0.15, -0.1) is 24.0 Å². The van der Waals surface area contributed by atoms with Gasteiger partial charge in [0.05, 0.1) is 6.54 Å². The predicted molar refractivity (Wildman–Crippen MR) is 99.2 cm³/mol. The lowest BCUT2D eigenvalue weighted by Gasteiger charge is -2.16. The zero-order valence-corrected chi connectivity index (χ0v) is 15.8. The molecule has 0 spiro atoms. The normalized spacial score (nSPS) is 14.3. The number of aliphatic imine (C=N–C) groups is 1. The predicted octanol–water partition coefficient (Wildman–Crippen LogP) is 2.21. The van der Waals surface area contributed by atoms with Gasteiger partial charge in [-0.1, -0.05) is 22.0 Å². The van der Waals surface area contributed by atoms with Crippen molar-refractivity contribution in [2.45, 2.75) is 18.9 Å². The maximum atomic E-state index is 11.9. The Balaban J connectivity index is 0.00000220. The van der Waals surface area contributed by atoms with Gasteiger partial charge in [0.1, 0.15) is 0 Å². The van der Waals surface area contributed by atoms with Crippen LogP contribution in [0.25, 0.3) is 0 Å². The number of rotatable bonds is 5. The summed E-state index contributed by atoms with van der Waals surface area (Å²) in [6.45, 7) is 0.965. The van der Waals surface area contributed by atoms with Crippen LogP contribution in [0.4, 0.5) is 0 Å². The Morgan fingerprint density at radius 2 is 2.24 bits per heavy atom. The molecule has 0 aliphatic heterocycles. The topological polar surface area (TPSA) is 70.7 Å². The molecule has 5 nitrogen and oxygen atoms in total. The quantitative estimate of drug-likeness (QED) is 0.302. The van der Waals surface area contributed by atoms with Crippen LogP contribution in [-0.4, -0.2) is 42.9 Å². The van der Waals surface area contributed by atoms with Crippen molar-refractivity contribution in [3.8, 4) is 0 Å². The van der Waals surface area contributed by atoms with Gasteiger partial charge in [-0.05, 0) is 31.0 Å². The van der Waals surface area contributed by atoms with Crippen LogP contribution in [0.1, 0.15) is 23.2 Å². The fourth-order valence-corrected chi connectivity index (χ4v) is 2.23. The average Bonchev–Trinajstić information content (AvgIpc) is 3.26. The fourth-order valence-electron chi connectivity index (χ4n) is 1.83. The molecule has 2 rings (SSSR count). The van der Waals surface area contributed by atoms with Crippen molar-refractivity contribution in [3.05, 3.63) is 34.3 Å². The lowest BCUT2D eigenvalue weighted by molar-refractivity contribution is 0.0954. The number of halogens is 2. The Bertz CT molecular complexity index is 519. The summed E-state index contributed by atoms with van der Waals surface area (Å²) in [6.07, 6.45) is 2.37. The van der Waals surface area contributed by atoms with Crippen LogP contribution in [-0.2, 0) is 0 Å². The van der Waals surface area contributed by atoms with Gasteiger partial charge < -0.3 is 16.0 Å². The number of carbonyl (C=O) groups excluding carboxylic acids is 1. The number of carbonyl (C=O) groups is 1. The first-order valence-corrected chi connectivity index (χ1v) is 7.44. The van der Waals surface area contributed by atoms with Gasteiger partial charge in [-0.2, -0.15) is 0 Å². The molecule has 116 valence electrons. The number of hydrogen-bond donors (Lipinski definition) is 2. The Hall–Kier alpha value is -0.830. The molecule has 3 N–H and O–H groups in total. The van der Waals surface area contributed by atoms with E-state index < -0.39 is 0 Å². The third kappa shape index (κ3) is 5.82. The van der Waals surface area contributed by atoms with Crippen LogP contribution in [0.2, 0.25) is 0 Å². The van der Waals surface area contributed by atoms with Gasteiger partial charge in [-0.3, -0.25) is 9.79 Å². The molecular formula is C14H20BrIN4O. The largest absolute Gasteiger partial charge is 0.370 e. The Labute approximate surface area is 150 Å². The number of amides is 1. The molecule has 0 aromatic heterocycles. The van der Waals surface area contributed by atoms with Crippen LogP contribution >= 0.6 is 39.9 Å². The lowest BCUT2D eigenvalue weighted by atomic mass is 10.2. The first-order chi connectivity index (χ1) is 9.58. The second-order valence-electron chi connectivity index (χ2n) is 4.85. The number of hydrogen-bond acceptors (Lipinski definition) is 2. The molecule has 0 radical (unpaired) electrons. The minimum atomic E-state index is -0.101. The molecule has 0 heterocycles. The average molecular weight is 467 g/mol. The minimum Gasteiger partial charge on any atom is -0.370 e. The summed E-state index contributed by atoms with van der Waals surface area (Å²) in [5, 5.41) is 2.82. The van der Waals surface area contributed by atoms with Crippen LogP contribution in [0.3, 0.4) is 0 Å². The standard InChI is InChI=1S/C14H19BrN4O.HI/c1-19(12-5-6-12)14(16)18-8-7-17-13(20)10-3-2-4-11(15)9-10;/h2-4,9,12H,5-8H2,1H3,(H2,16,18)(H,17,20);1H. The number of benzene rings is 1. The van der Waals surface area contributed by atoms with Gasteiger partial charge in [-0.25, -0.2) is 0 Å². The highest BCUT2D eigenvalue weighted by Gasteiger charge is 2.27. The molecule has 1 aliphatic rings. The summed E-state index contributed by atoms with van der Waals surface area (Å²) in [5.74, 6) is 0.444. The molecule has 0 atom stereocenters. The van der Waals surface area contributed by atoms with E-state index in [-0.39, 0.29) is 29.9 Å². The second-order valence-corrected chi connectivity index (χ2v) is 5.76. The zero-order chi connectivity index (χ0) is 14.5. The highest BCUT2D eigenvalue weighted by atomic mass is 127. The van der Waals surface area contributed by atoms with Crippen LogP contribution in [0.15, 0.2) is 33.7 Å². The van der Waals surface area contributed by atoms with E-state index in [0.717, 1.165) is 4.47 Å². The molecular weight excluding hydrogens is 447 g/mol. The van der Waals surface area contributed by atoms with E-state index in [2.05, 4.69) is 26.2 Å². The molecule has 1 aliphatic carbocycles. The highest BCUT2D eigenvalue weighted by Crippen LogP contribution is 2.24. The summed E-state index contributed by atoms with van der Waals surface area (Å²) < 4.78 is 0.887. The van der Waals surface area contributed by atoms with E-state index in [4.69, 9.17) is 5.73 Å². The summed E-state index contributed by atoms with van der Waals surface area (Å²) in [6, 6.07) is 7.83. The van der Waals surface area contributed by atoms with Gasteiger partial charge in [0.25, 0.3) is 5.91 Å². The monoisotopic (exact) mass is 466 g/mol. The van der Waals surface area contributed by atoms with E-state index in [1.165, 1.54) is 12.8 Å². The molecule has 1 fully saturated rings. The van der Waals surface area contributed by atoms with E-state index in [1.807, 2.05) is 24.1 Å². The van der Waals surface area contributed by atoms with Crippen molar-refractivity contribution < 1.29 is 4.79 Å². The molecule has 7 heteroatoms. The molecule has 1 aromatic rings. The van der Waals surface area contributed by atoms with Crippen LogP contribution in [0.5, 0.6) is 0 Å². The zero-order valence-electron chi connectivity index (χ0n) is 11.9. The van der Waals surface area contributed by atoms with Crippen LogP contribution < -0.4 is 11.1 Å². The Morgan fingerprint density at radius 3 is 2.86 bits per heavy atom. The number of nitrogens with two attached hydrogens (primary N) is 1. The molecule has 21 heavy (non-hydrogen) atoms. The van der Waals surface area contributed by atoms with Gasteiger partial charge in [0.2, 0.25) is 0 Å². The van der Waals surface area contributed by atoms with Gasteiger partial charge in [0, 0.05) is 29.7 Å². The number of guanidine groups is 1. The first-order valence-electron chi connectivity index (χ1n) is 6.64. The van der Waals surface area contributed by atoms with Crippen molar-refractivity contribution in [1.29, 1.82) is 0 Å². The lowest BCUT2D eigenvalue weighted by Crippen LogP contribution is -2.36. The summed E-state index contributed by atoms with van der Waals surface area (Å²) >= 11 is 3.34. The third-order valence-corrected chi connectivity index (χ3v) is 3.71. The van der Waals surface area contributed by atoms with Crippen molar-refractivity contribution in [1.82, 2.24) is 10.2 Å². The summed E-state index contributed by atoms with van der Waals surface area (Å²) in [7, 11) is 1.95. The number of nitrogens with one attached hydrogen (secondary N) is 1. The number of nitrogens with zero attached hydrogens (tertiary/aromatic N) is 2. The molecule has 1 saturated carbocycles. The van der Waals surface area contributed by atoms with Crippen molar-refractivity contribution in [2.75, 3.05) is 20.1 Å². The Kier molecular flexibility index (Phi) is 7.44. The molecule has 1 amide bonds. The Morgan fingerprint density at radius 1 is 1.52 bits per heavy atom. The van der Waals surface area contributed by atoms with Crippen molar-refractivity contribution in [3.63, 3.8) is 0 Å². The fraction of sp³-hybridized carbons (Fsp3) is 0.429. The third-order valence-electron chi connectivity index (χ3n) is 3.21. The molecule has 0 bridgehead atoms. The van der Waals surface area contributed by atoms with Gasteiger partial charge in [0.15, 0.2) is 5.96 Å².